The van der Waals surface area contributed by atoms with Crippen molar-refractivity contribution in [1.82, 2.24) is 4.98 Å². The van der Waals surface area contributed by atoms with E-state index in [-0.39, 0.29) is 5.75 Å². The van der Waals surface area contributed by atoms with Gasteiger partial charge in [0.25, 0.3) is 0 Å². The molecule has 2 rings (SSSR count). The second kappa shape index (κ2) is 6.13. The monoisotopic (exact) mass is 305 g/mol. The van der Waals surface area contributed by atoms with E-state index in [2.05, 4.69) is 18.8 Å². The fraction of sp³-hybridized carbons (Fsp3) is 0.333. The van der Waals surface area contributed by atoms with Crippen LogP contribution in [0.5, 0.6) is 5.75 Å². The Morgan fingerprint density at radius 2 is 2.00 bits per heavy atom. The highest BCUT2D eigenvalue weighted by molar-refractivity contribution is 7.15. The largest absolute Gasteiger partial charge is 0.508 e. The zero-order chi connectivity index (χ0) is 15.6. The summed E-state index contributed by atoms with van der Waals surface area (Å²) in [7, 11) is 0. The zero-order valence-corrected chi connectivity index (χ0v) is 13.1. The van der Waals surface area contributed by atoms with Crippen molar-refractivity contribution in [2.45, 2.75) is 32.7 Å². The Hall–Kier alpha value is -2.08. The van der Waals surface area contributed by atoms with E-state index in [1.165, 1.54) is 16.2 Å². The van der Waals surface area contributed by atoms with Crippen LogP contribution < -0.4 is 10.6 Å². The summed E-state index contributed by atoms with van der Waals surface area (Å²) >= 11 is 1.44. The van der Waals surface area contributed by atoms with E-state index in [9.17, 15) is 9.90 Å². The molecule has 0 aliphatic rings. The first kappa shape index (κ1) is 15.3. The van der Waals surface area contributed by atoms with Crippen molar-refractivity contribution in [2.75, 3.05) is 4.90 Å². The molecule has 0 aliphatic heterocycles. The van der Waals surface area contributed by atoms with Gasteiger partial charge in [0.2, 0.25) is 0 Å². The molecule has 5 nitrogen and oxygen atoms in total. The van der Waals surface area contributed by atoms with Gasteiger partial charge < -0.3 is 10.8 Å². The summed E-state index contributed by atoms with van der Waals surface area (Å²) < 4.78 is 0. The van der Waals surface area contributed by atoms with Gasteiger partial charge in [-0.15, -0.1) is 11.3 Å². The Kier molecular flexibility index (Phi) is 4.47. The van der Waals surface area contributed by atoms with Crippen LogP contribution in [-0.4, -0.2) is 16.1 Å². The van der Waals surface area contributed by atoms with E-state index >= 15 is 0 Å². The standard InChI is InChI=1S/C15H19N3O2S/c1-9(2)13-8-17-15(21-13)18(14(16)20)10(3)11-6-4-5-7-12(11)19/h4-10,19H,1-3H3,(H2,16,20)/t10-/m1/s1. The number of hydrogen-bond acceptors (Lipinski definition) is 4. The highest BCUT2D eigenvalue weighted by atomic mass is 32.1. The molecule has 21 heavy (non-hydrogen) atoms. The van der Waals surface area contributed by atoms with Gasteiger partial charge in [-0.2, -0.15) is 0 Å². The number of primary amides is 1. The summed E-state index contributed by atoms with van der Waals surface area (Å²) in [6.45, 7) is 5.95. The molecule has 2 amide bonds. The van der Waals surface area contributed by atoms with Crippen molar-refractivity contribution in [3.8, 4) is 5.75 Å². The summed E-state index contributed by atoms with van der Waals surface area (Å²) in [5.74, 6) is 0.475. The number of anilines is 1. The molecule has 0 radical (unpaired) electrons. The predicted molar refractivity (Wildman–Crippen MR) is 84.8 cm³/mol. The second-order valence-electron chi connectivity index (χ2n) is 5.14. The molecule has 1 aromatic carbocycles. The lowest BCUT2D eigenvalue weighted by molar-refractivity contribution is 0.252. The number of aromatic nitrogens is 1. The van der Waals surface area contributed by atoms with Gasteiger partial charge in [-0.1, -0.05) is 32.0 Å². The number of para-hydroxylation sites is 1. The normalized spacial score (nSPS) is 12.4. The number of rotatable bonds is 4. The minimum atomic E-state index is -0.588. The molecule has 112 valence electrons. The lowest BCUT2D eigenvalue weighted by atomic mass is 10.1. The first-order valence-corrected chi connectivity index (χ1v) is 7.55. The average molecular weight is 305 g/mol. The minimum Gasteiger partial charge on any atom is -0.508 e. The molecular weight excluding hydrogens is 286 g/mol. The number of carbonyl (C=O) groups excluding carboxylic acids is 1. The molecule has 3 N–H and O–H groups in total. The topological polar surface area (TPSA) is 79.5 Å². The highest BCUT2D eigenvalue weighted by Crippen LogP contribution is 2.35. The van der Waals surface area contributed by atoms with Crippen LogP contribution >= 0.6 is 11.3 Å². The van der Waals surface area contributed by atoms with Crippen LogP contribution in [0.2, 0.25) is 0 Å². The number of aromatic hydroxyl groups is 1. The number of phenols is 1. The van der Waals surface area contributed by atoms with Gasteiger partial charge in [0.15, 0.2) is 5.13 Å². The Balaban J connectivity index is 2.39. The van der Waals surface area contributed by atoms with Gasteiger partial charge in [0.1, 0.15) is 5.75 Å². The third kappa shape index (κ3) is 3.16. The van der Waals surface area contributed by atoms with Gasteiger partial charge in [-0.25, -0.2) is 9.78 Å². The Bertz CT molecular complexity index is 639. The van der Waals surface area contributed by atoms with Crippen LogP contribution in [0, 0.1) is 0 Å². The maximum absolute atomic E-state index is 11.8. The smallest absolute Gasteiger partial charge is 0.321 e. The fourth-order valence-corrected chi connectivity index (χ4v) is 3.09. The fourth-order valence-electron chi connectivity index (χ4n) is 2.09. The van der Waals surface area contributed by atoms with Crippen LogP contribution in [0.4, 0.5) is 9.93 Å². The average Bonchev–Trinajstić information content (AvgIpc) is 2.88. The predicted octanol–water partition coefficient (Wildman–Crippen LogP) is 3.62. The summed E-state index contributed by atoms with van der Waals surface area (Å²) in [4.78, 5) is 18.6. The quantitative estimate of drug-likeness (QED) is 0.905. The number of benzene rings is 1. The molecule has 0 unspecified atom stereocenters. The van der Waals surface area contributed by atoms with E-state index in [0.29, 0.717) is 16.6 Å². The van der Waals surface area contributed by atoms with Gasteiger partial charge in [0, 0.05) is 16.6 Å². The molecule has 1 heterocycles. The molecule has 2 aromatic rings. The first-order chi connectivity index (χ1) is 9.91. The highest BCUT2D eigenvalue weighted by Gasteiger charge is 2.26. The number of hydrogen-bond donors (Lipinski definition) is 2. The summed E-state index contributed by atoms with van der Waals surface area (Å²) in [5.41, 5.74) is 6.15. The van der Waals surface area contributed by atoms with Gasteiger partial charge in [-0.3, -0.25) is 4.90 Å². The number of thiazole rings is 1. The minimum absolute atomic E-state index is 0.136. The van der Waals surface area contributed by atoms with Crippen LogP contribution in [0.15, 0.2) is 30.5 Å². The van der Waals surface area contributed by atoms with Crippen molar-refractivity contribution in [3.05, 3.63) is 40.9 Å². The molecular formula is C15H19N3O2S. The number of urea groups is 1. The van der Waals surface area contributed by atoms with Crippen molar-refractivity contribution < 1.29 is 9.90 Å². The maximum atomic E-state index is 11.8. The summed E-state index contributed by atoms with van der Waals surface area (Å²) in [6.07, 6.45) is 1.76. The Labute approximate surface area is 128 Å². The number of nitrogens with two attached hydrogens (primary N) is 1. The van der Waals surface area contributed by atoms with Crippen molar-refractivity contribution in [3.63, 3.8) is 0 Å². The Morgan fingerprint density at radius 1 is 1.33 bits per heavy atom. The van der Waals surface area contributed by atoms with E-state index in [4.69, 9.17) is 5.73 Å². The molecule has 1 atom stereocenters. The van der Waals surface area contributed by atoms with Crippen LogP contribution in [0.3, 0.4) is 0 Å². The number of nitrogens with zero attached hydrogens (tertiary/aromatic N) is 2. The van der Waals surface area contributed by atoms with Crippen LogP contribution in [0.1, 0.15) is 43.2 Å². The van der Waals surface area contributed by atoms with Crippen molar-refractivity contribution in [1.29, 1.82) is 0 Å². The summed E-state index contributed by atoms with van der Waals surface area (Å²) in [6, 6.07) is 5.93. The molecule has 0 spiro atoms. The zero-order valence-electron chi connectivity index (χ0n) is 12.3. The number of carbonyl (C=O) groups is 1. The van der Waals surface area contributed by atoms with Gasteiger partial charge in [0.05, 0.1) is 6.04 Å². The molecule has 0 aliphatic carbocycles. The molecule has 6 heteroatoms. The van der Waals surface area contributed by atoms with Crippen LogP contribution in [0.25, 0.3) is 0 Å². The lowest BCUT2D eigenvalue weighted by Crippen LogP contribution is -2.37. The third-order valence-corrected chi connectivity index (χ3v) is 4.60. The number of amides is 2. The lowest BCUT2D eigenvalue weighted by Gasteiger charge is -2.25. The van der Waals surface area contributed by atoms with E-state index in [1.807, 2.05) is 13.0 Å². The van der Waals surface area contributed by atoms with E-state index in [0.717, 1.165) is 4.88 Å². The van der Waals surface area contributed by atoms with E-state index in [1.54, 1.807) is 24.4 Å². The Morgan fingerprint density at radius 3 is 2.52 bits per heavy atom. The second-order valence-corrected chi connectivity index (χ2v) is 6.18. The molecule has 0 fully saturated rings. The summed E-state index contributed by atoms with van der Waals surface area (Å²) in [5, 5.41) is 10.5. The van der Waals surface area contributed by atoms with Gasteiger partial charge >= 0.3 is 6.03 Å². The SMILES string of the molecule is CC(C)c1cnc(N(C(N)=O)[C@H](C)c2ccccc2O)s1. The van der Waals surface area contributed by atoms with E-state index < -0.39 is 12.1 Å². The molecule has 0 saturated heterocycles. The van der Waals surface area contributed by atoms with Crippen LogP contribution in [-0.2, 0) is 0 Å². The molecule has 0 bridgehead atoms. The van der Waals surface area contributed by atoms with Crippen molar-refractivity contribution in [2.24, 2.45) is 5.73 Å². The van der Waals surface area contributed by atoms with Gasteiger partial charge in [-0.05, 0) is 18.9 Å². The molecule has 0 saturated carbocycles. The first-order valence-electron chi connectivity index (χ1n) is 6.74. The number of phenolic OH excluding ortho intramolecular Hbond substituents is 1. The molecule has 1 aromatic heterocycles. The van der Waals surface area contributed by atoms with Crippen molar-refractivity contribution >= 4 is 22.5 Å². The maximum Gasteiger partial charge on any atom is 0.321 e. The third-order valence-electron chi connectivity index (χ3n) is 3.30.